The largest absolute Gasteiger partial charge is 0.480 e. The van der Waals surface area contributed by atoms with Crippen LogP contribution < -0.4 is 15.7 Å². The first-order valence-electron chi connectivity index (χ1n) is 9.21. The number of carboxylic acid groups (broad SMARTS) is 1. The first-order chi connectivity index (χ1) is 13.5. The fourth-order valence-corrected chi connectivity index (χ4v) is 3.65. The van der Waals surface area contributed by atoms with Gasteiger partial charge in [0.2, 0.25) is 0 Å². The Morgan fingerprint density at radius 1 is 1.17 bits per heavy atom. The number of carbonyl (C=O) groups excluding carboxylic acids is 1. The van der Waals surface area contributed by atoms with Gasteiger partial charge in [0.05, 0.1) is 6.04 Å². The van der Waals surface area contributed by atoms with E-state index in [0.29, 0.717) is 6.42 Å². The highest BCUT2D eigenvalue weighted by molar-refractivity contribution is 7.55. The Morgan fingerprint density at radius 2 is 1.79 bits per heavy atom. The second kappa shape index (κ2) is 11.9. The van der Waals surface area contributed by atoms with Crippen molar-refractivity contribution in [2.24, 2.45) is 5.92 Å². The average Bonchev–Trinajstić information content (AvgIpc) is 2.64. The fraction of sp³-hybridized carbons (Fsp3) is 0.556. The molecule has 1 aromatic rings. The zero-order valence-corrected chi connectivity index (χ0v) is 17.6. The van der Waals surface area contributed by atoms with Crippen LogP contribution in [0.25, 0.3) is 0 Å². The van der Waals surface area contributed by atoms with Crippen LogP contribution in [0, 0.1) is 5.92 Å². The molecule has 0 aliphatic carbocycles. The van der Waals surface area contributed by atoms with Gasteiger partial charge in [0.15, 0.2) is 0 Å². The molecule has 1 amide bonds. The maximum Gasteiger partial charge on any atom is 0.407 e. The minimum absolute atomic E-state index is 0.0154. The highest BCUT2D eigenvalue weighted by atomic mass is 31.2. The van der Waals surface area contributed by atoms with E-state index in [4.69, 9.17) is 9.84 Å². The van der Waals surface area contributed by atoms with Crippen LogP contribution in [0.5, 0.6) is 0 Å². The predicted molar refractivity (Wildman–Crippen MR) is 107 cm³/mol. The number of ether oxygens (including phenoxy) is 1. The minimum Gasteiger partial charge on any atom is -0.480 e. The van der Waals surface area contributed by atoms with Crippen LogP contribution >= 0.6 is 7.52 Å². The molecule has 164 valence electrons. The van der Waals surface area contributed by atoms with Crippen molar-refractivity contribution >= 4 is 19.6 Å². The summed E-state index contributed by atoms with van der Waals surface area (Å²) >= 11 is 0. The second-order valence-corrected chi connectivity index (χ2v) is 9.11. The zero-order valence-electron chi connectivity index (χ0n) is 16.7. The van der Waals surface area contributed by atoms with Gasteiger partial charge in [-0.05, 0) is 24.8 Å². The topological polar surface area (TPSA) is 157 Å². The van der Waals surface area contributed by atoms with Gasteiger partial charge >= 0.3 is 12.1 Å². The summed E-state index contributed by atoms with van der Waals surface area (Å²) in [6, 6.07) is 7.00. The summed E-state index contributed by atoms with van der Waals surface area (Å²) in [4.78, 5) is 32.9. The quantitative estimate of drug-likeness (QED) is 0.213. The Bertz CT molecular complexity index is 702. The number of aliphatic carboxylic acids is 1. The molecule has 10 nitrogen and oxygen atoms in total. The Kier molecular flexibility index (Phi) is 10.3. The van der Waals surface area contributed by atoms with E-state index in [2.05, 4.69) is 15.7 Å². The first-order valence-corrected chi connectivity index (χ1v) is 11.1. The number of rotatable bonds is 12. The number of hydrogen-bond donors (Lipinski definition) is 6. The van der Waals surface area contributed by atoms with E-state index in [1.54, 1.807) is 24.3 Å². The van der Waals surface area contributed by atoms with Crippen LogP contribution in [0.4, 0.5) is 4.79 Å². The monoisotopic (exact) mass is 431 g/mol. The van der Waals surface area contributed by atoms with Crippen LogP contribution in [-0.2, 0) is 20.7 Å². The lowest BCUT2D eigenvalue weighted by molar-refractivity contribution is -0.140. The molecule has 0 aromatic heterocycles. The van der Waals surface area contributed by atoms with E-state index >= 15 is 0 Å². The molecule has 0 fully saturated rings. The molecule has 0 bridgehead atoms. The van der Waals surface area contributed by atoms with Gasteiger partial charge in [0, 0.05) is 0 Å². The van der Waals surface area contributed by atoms with Crippen molar-refractivity contribution in [3.8, 4) is 0 Å². The van der Waals surface area contributed by atoms with Gasteiger partial charge in [0.1, 0.15) is 25.2 Å². The fourth-order valence-electron chi connectivity index (χ4n) is 2.45. The summed E-state index contributed by atoms with van der Waals surface area (Å²) in [5.41, 5.74) is 0.770. The number of carboxylic acids is 1. The molecule has 6 N–H and O–H groups in total. The Labute approximate surface area is 170 Å². The lowest BCUT2D eigenvalue weighted by Gasteiger charge is -2.29. The molecule has 0 heterocycles. The van der Waals surface area contributed by atoms with E-state index in [0.717, 1.165) is 5.56 Å². The number of benzene rings is 1. The van der Waals surface area contributed by atoms with Crippen LogP contribution in [-0.4, -0.2) is 51.8 Å². The average molecular weight is 431 g/mol. The summed E-state index contributed by atoms with van der Waals surface area (Å²) in [7, 11) is -4.08. The zero-order chi connectivity index (χ0) is 22.0. The molecule has 11 heteroatoms. The van der Waals surface area contributed by atoms with Gasteiger partial charge in [-0.25, -0.2) is 9.88 Å². The summed E-state index contributed by atoms with van der Waals surface area (Å²) in [5.74, 6) is -1.12. The number of aliphatic hydroxyl groups excluding tert-OH is 1. The maximum atomic E-state index is 12.4. The summed E-state index contributed by atoms with van der Waals surface area (Å²) in [5, 5.41) is 26.3. The molecule has 29 heavy (non-hydrogen) atoms. The molecule has 0 aliphatic heterocycles. The molecule has 0 saturated heterocycles. The van der Waals surface area contributed by atoms with Crippen molar-refractivity contribution in [1.82, 2.24) is 15.7 Å². The number of hydrogen-bond acceptors (Lipinski definition) is 6. The first kappa shape index (κ1) is 25.1. The van der Waals surface area contributed by atoms with Crippen molar-refractivity contribution in [2.45, 2.75) is 52.1 Å². The SMILES string of the molecule is CC(C)CC(NP(=O)(O)CNC(=O)OCc1ccccc1)C(O)NC(C)C(=O)O. The second-order valence-electron chi connectivity index (χ2n) is 7.13. The maximum absolute atomic E-state index is 12.4. The molecule has 0 saturated carbocycles. The number of nitrogens with one attached hydrogen (secondary N) is 3. The molecular formula is C18H30N3O7P. The summed E-state index contributed by atoms with van der Waals surface area (Å²) < 4.78 is 17.4. The Morgan fingerprint density at radius 3 is 2.34 bits per heavy atom. The van der Waals surface area contributed by atoms with Crippen molar-refractivity contribution in [1.29, 1.82) is 0 Å². The Hall–Kier alpha value is -1.97. The highest BCUT2D eigenvalue weighted by Gasteiger charge is 2.30. The van der Waals surface area contributed by atoms with Crippen LogP contribution in [0.3, 0.4) is 0 Å². The minimum atomic E-state index is -4.08. The predicted octanol–water partition coefficient (Wildman–Crippen LogP) is 1.44. The smallest absolute Gasteiger partial charge is 0.407 e. The molecule has 1 aromatic carbocycles. The third kappa shape index (κ3) is 10.4. The molecule has 0 spiro atoms. The van der Waals surface area contributed by atoms with Gasteiger partial charge in [0.25, 0.3) is 7.52 Å². The van der Waals surface area contributed by atoms with E-state index < -0.39 is 44.2 Å². The van der Waals surface area contributed by atoms with E-state index in [9.17, 15) is 24.2 Å². The van der Waals surface area contributed by atoms with Crippen LogP contribution in [0.2, 0.25) is 0 Å². The van der Waals surface area contributed by atoms with Crippen LogP contribution in [0.1, 0.15) is 32.8 Å². The van der Waals surface area contributed by atoms with Crippen molar-refractivity contribution < 1.29 is 34.0 Å². The third-order valence-corrected chi connectivity index (χ3v) is 5.24. The number of aliphatic hydroxyl groups is 1. The van der Waals surface area contributed by atoms with Gasteiger partial charge < -0.3 is 25.2 Å². The molecule has 0 aliphatic rings. The van der Waals surface area contributed by atoms with Gasteiger partial charge in [-0.3, -0.25) is 14.7 Å². The van der Waals surface area contributed by atoms with Gasteiger partial charge in [-0.2, -0.15) is 0 Å². The number of amides is 1. The summed E-state index contributed by atoms with van der Waals surface area (Å²) in [6.45, 7) is 5.06. The molecule has 4 unspecified atom stereocenters. The van der Waals surface area contributed by atoms with Gasteiger partial charge in [-0.1, -0.05) is 44.2 Å². The Balaban J connectivity index is 2.58. The molecule has 1 rings (SSSR count). The van der Waals surface area contributed by atoms with Crippen molar-refractivity contribution in [3.05, 3.63) is 35.9 Å². The van der Waals surface area contributed by atoms with E-state index in [1.807, 2.05) is 19.9 Å². The number of alkyl carbamates (subject to hydrolysis) is 1. The standard InChI is InChI=1S/C18H30N3O7P/c1-12(2)9-15(16(22)20-13(3)17(23)24)21-29(26,27)11-19-18(25)28-10-14-7-5-4-6-8-14/h4-8,12-13,15-16,20,22H,9-11H2,1-3H3,(H,19,25)(H,23,24)(H2,21,26,27). The van der Waals surface area contributed by atoms with Crippen LogP contribution in [0.15, 0.2) is 30.3 Å². The molecule has 4 atom stereocenters. The van der Waals surface area contributed by atoms with E-state index in [1.165, 1.54) is 6.92 Å². The lowest BCUT2D eigenvalue weighted by Crippen LogP contribution is -2.52. The highest BCUT2D eigenvalue weighted by Crippen LogP contribution is 2.35. The van der Waals surface area contributed by atoms with E-state index in [-0.39, 0.29) is 12.5 Å². The summed E-state index contributed by atoms with van der Waals surface area (Å²) in [6.07, 6.45) is -2.56. The third-order valence-electron chi connectivity index (χ3n) is 3.92. The van der Waals surface area contributed by atoms with Crippen molar-refractivity contribution in [3.63, 3.8) is 0 Å². The normalized spacial score (nSPS) is 16.5. The van der Waals surface area contributed by atoms with Crippen molar-refractivity contribution in [2.75, 3.05) is 6.29 Å². The lowest BCUT2D eigenvalue weighted by atomic mass is 10.0. The molecule has 0 radical (unpaired) electrons. The number of carbonyl (C=O) groups is 2. The van der Waals surface area contributed by atoms with Gasteiger partial charge in [-0.15, -0.1) is 0 Å². The molecular weight excluding hydrogens is 401 g/mol.